The molecule has 0 aromatic heterocycles. The minimum absolute atomic E-state index is 0.137. The van der Waals surface area contributed by atoms with Gasteiger partial charge >= 0.3 is 11.8 Å². The molecule has 0 spiro atoms. The first-order valence-corrected chi connectivity index (χ1v) is 12.2. The number of hydrogen-bond donors (Lipinski definition) is 3. The maximum atomic E-state index is 13.7. The van der Waals surface area contributed by atoms with Crippen molar-refractivity contribution < 1.29 is 24.2 Å². The normalized spacial score (nSPS) is 18.9. The van der Waals surface area contributed by atoms with Gasteiger partial charge in [0.05, 0.1) is 0 Å². The average Bonchev–Trinajstić information content (AvgIpc) is 3.23. The zero-order valence-electron chi connectivity index (χ0n) is 20.5. The van der Waals surface area contributed by atoms with Crippen molar-refractivity contribution in [2.24, 2.45) is 0 Å². The van der Waals surface area contributed by atoms with E-state index in [1.54, 1.807) is 6.07 Å². The second-order valence-electron chi connectivity index (χ2n) is 9.34. The van der Waals surface area contributed by atoms with Crippen LogP contribution in [0, 0.1) is 5.82 Å². The summed E-state index contributed by atoms with van der Waals surface area (Å²) in [7, 11) is 3.07. The fourth-order valence-corrected chi connectivity index (χ4v) is 4.68. The van der Waals surface area contributed by atoms with E-state index < -0.39 is 18.0 Å². The molecule has 1 fully saturated rings. The first-order valence-electron chi connectivity index (χ1n) is 12.2. The van der Waals surface area contributed by atoms with Gasteiger partial charge in [-0.3, -0.25) is 14.5 Å². The number of likely N-dealkylation sites (N-methyl/N-ethyl adjacent to an activating group) is 1. The summed E-state index contributed by atoms with van der Waals surface area (Å²) in [5, 5.41) is 22.8. The molecule has 0 aliphatic carbocycles. The number of likely N-dealkylation sites (tertiary alicyclic amines) is 1. The third kappa shape index (κ3) is 7.34. The molecule has 1 heterocycles. The lowest BCUT2D eigenvalue weighted by molar-refractivity contribution is -0.144. The second kappa shape index (κ2) is 12.8. The number of aliphatic hydroxyl groups excluding tert-OH is 2. The Balaban J connectivity index is 1.79. The molecule has 1 unspecified atom stereocenters. The van der Waals surface area contributed by atoms with E-state index in [4.69, 9.17) is 5.11 Å². The molecule has 0 radical (unpaired) electrons. The Morgan fingerprint density at radius 1 is 1.11 bits per heavy atom. The minimum Gasteiger partial charge on any atom is -0.396 e. The summed E-state index contributed by atoms with van der Waals surface area (Å²) in [6.45, 7) is 0.731. The number of unbranched alkanes of at least 4 members (excludes halogenated alkanes) is 2. The Kier molecular flexibility index (Phi) is 9.77. The van der Waals surface area contributed by atoms with Gasteiger partial charge < -0.3 is 20.4 Å². The Morgan fingerprint density at radius 2 is 1.83 bits per heavy atom. The monoisotopic (exact) mass is 485 g/mol. The maximum Gasteiger partial charge on any atom is 0.311 e. The topological polar surface area (TPSA) is 93.1 Å². The van der Waals surface area contributed by atoms with E-state index in [1.165, 1.54) is 31.1 Å². The summed E-state index contributed by atoms with van der Waals surface area (Å²) in [6, 6.07) is 13.8. The molecule has 7 nitrogen and oxygen atoms in total. The smallest absolute Gasteiger partial charge is 0.311 e. The quantitative estimate of drug-likeness (QED) is 0.355. The van der Waals surface area contributed by atoms with E-state index >= 15 is 0 Å². The summed E-state index contributed by atoms with van der Waals surface area (Å²) >= 11 is 0. The van der Waals surface area contributed by atoms with Gasteiger partial charge in [0, 0.05) is 39.3 Å². The summed E-state index contributed by atoms with van der Waals surface area (Å²) in [5.41, 5.74) is 2.66. The van der Waals surface area contributed by atoms with Crippen molar-refractivity contribution in [2.45, 2.75) is 56.8 Å². The zero-order valence-corrected chi connectivity index (χ0v) is 20.5. The van der Waals surface area contributed by atoms with Crippen LogP contribution in [0.3, 0.4) is 0 Å². The Morgan fingerprint density at radius 3 is 2.51 bits per heavy atom. The molecule has 1 saturated heterocycles. The van der Waals surface area contributed by atoms with Gasteiger partial charge in [-0.15, -0.1) is 0 Å². The van der Waals surface area contributed by atoms with Crippen molar-refractivity contribution in [2.75, 3.05) is 27.2 Å². The highest BCUT2D eigenvalue weighted by atomic mass is 19.1. The van der Waals surface area contributed by atoms with Gasteiger partial charge in [0.2, 0.25) is 0 Å². The molecule has 2 amide bonds. The molecule has 0 bridgehead atoms. The fraction of sp³-hybridized carbons (Fsp3) is 0.481. The van der Waals surface area contributed by atoms with E-state index in [0.29, 0.717) is 32.2 Å². The number of nitrogens with zero attached hydrogens (tertiary/aromatic N) is 2. The third-order valence-corrected chi connectivity index (χ3v) is 6.54. The number of benzene rings is 2. The first kappa shape index (κ1) is 26.8. The molecule has 0 saturated carbocycles. The highest BCUT2D eigenvalue weighted by molar-refractivity contribution is 6.34. The third-order valence-electron chi connectivity index (χ3n) is 6.54. The van der Waals surface area contributed by atoms with E-state index in [9.17, 15) is 19.1 Å². The molecular weight excluding hydrogens is 449 g/mol. The van der Waals surface area contributed by atoms with E-state index in [0.717, 1.165) is 29.5 Å². The van der Waals surface area contributed by atoms with Crippen molar-refractivity contribution in [3.05, 3.63) is 59.9 Å². The number of aliphatic hydroxyl groups is 2. The standard InChI is InChI=1S/C27H36FN3O4/c1-30(2)27(35)26(34)29-23-13-14-31(25(33)12-4-3-5-15-32)24(23)17-19-8-6-9-20(16-19)21-10-7-11-22(28)18-21/h6-11,16,18,23-25,32-33H,3-5,12-15,17H2,1-2H3,(H,29,34)/t23-,24-,25?/m0/s1. The molecule has 2 aromatic carbocycles. The molecule has 3 atom stereocenters. The Hall–Kier alpha value is -2.81. The molecule has 35 heavy (non-hydrogen) atoms. The largest absolute Gasteiger partial charge is 0.396 e. The van der Waals surface area contributed by atoms with Crippen LogP contribution >= 0.6 is 0 Å². The average molecular weight is 486 g/mol. The van der Waals surface area contributed by atoms with Gasteiger partial charge in [-0.1, -0.05) is 42.8 Å². The van der Waals surface area contributed by atoms with Gasteiger partial charge in [-0.05, 0) is 60.9 Å². The SMILES string of the molecule is CN(C)C(=O)C(=O)N[C@H]1CCN(C(O)CCCCCO)[C@H]1Cc1cccc(-c2cccc(F)c2)c1. The van der Waals surface area contributed by atoms with Crippen LogP contribution in [0.15, 0.2) is 48.5 Å². The number of nitrogens with one attached hydrogen (secondary N) is 1. The van der Waals surface area contributed by atoms with Gasteiger partial charge in [0.15, 0.2) is 0 Å². The number of halogens is 1. The molecule has 1 aliphatic rings. The highest BCUT2D eigenvalue weighted by Gasteiger charge is 2.39. The molecule has 3 rings (SSSR count). The minimum atomic E-state index is -0.684. The lowest BCUT2D eigenvalue weighted by atomic mass is 9.96. The predicted molar refractivity (Wildman–Crippen MR) is 133 cm³/mol. The number of carbonyl (C=O) groups is 2. The van der Waals surface area contributed by atoms with Gasteiger partial charge in [-0.25, -0.2) is 4.39 Å². The summed E-state index contributed by atoms with van der Waals surface area (Å²) in [5.74, 6) is -1.56. The van der Waals surface area contributed by atoms with Crippen LogP contribution in [0.1, 0.15) is 37.7 Å². The maximum absolute atomic E-state index is 13.7. The summed E-state index contributed by atoms with van der Waals surface area (Å²) in [6.07, 6.45) is 3.38. The van der Waals surface area contributed by atoms with Gasteiger partial charge in [0.1, 0.15) is 12.0 Å². The van der Waals surface area contributed by atoms with Crippen molar-refractivity contribution in [1.82, 2.24) is 15.1 Å². The fourth-order valence-electron chi connectivity index (χ4n) is 4.68. The Labute approximate surface area is 206 Å². The number of carbonyl (C=O) groups excluding carboxylic acids is 2. The number of rotatable bonds is 10. The molecule has 3 N–H and O–H groups in total. The van der Waals surface area contributed by atoms with Crippen LogP contribution in [-0.2, 0) is 16.0 Å². The lowest BCUT2D eigenvalue weighted by Crippen LogP contribution is -2.51. The van der Waals surface area contributed by atoms with Crippen LogP contribution in [0.4, 0.5) is 4.39 Å². The van der Waals surface area contributed by atoms with Gasteiger partial charge in [-0.2, -0.15) is 0 Å². The highest BCUT2D eigenvalue weighted by Crippen LogP contribution is 2.28. The second-order valence-corrected chi connectivity index (χ2v) is 9.34. The van der Waals surface area contributed by atoms with E-state index in [2.05, 4.69) is 5.32 Å². The zero-order chi connectivity index (χ0) is 25.4. The van der Waals surface area contributed by atoms with E-state index in [-0.39, 0.29) is 24.5 Å². The Bertz CT molecular complexity index is 1000. The lowest BCUT2D eigenvalue weighted by Gasteiger charge is -2.32. The van der Waals surface area contributed by atoms with Crippen molar-refractivity contribution in [3.8, 4) is 11.1 Å². The number of hydrogen-bond acceptors (Lipinski definition) is 5. The van der Waals surface area contributed by atoms with Crippen LogP contribution < -0.4 is 5.32 Å². The molecule has 1 aliphatic heterocycles. The van der Waals surface area contributed by atoms with Crippen molar-refractivity contribution in [3.63, 3.8) is 0 Å². The van der Waals surface area contributed by atoms with Crippen LogP contribution in [-0.4, -0.2) is 77.4 Å². The summed E-state index contributed by atoms with van der Waals surface area (Å²) < 4.78 is 13.7. The molecule has 190 valence electrons. The molecule has 8 heteroatoms. The predicted octanol–water partition coefficient (Wildman–Crippen LogP) is 2.55. The first-order chi connectivity index (χ1) is 16.8. The van der Waals surface area contributed by atoms with Crippen molar-refractivity contribution >= 4 is 11.8 Å². The molecule has 2 aromatic rings. The number of amides is 2. The van der Waals surface area contributed by atoms with E-state index in [1.807, 2.05) is 35.2 Å². The van der Waals surface area contributed by atoms with Crippen LogP contribution in [0.5, 0.6) is 0 Å². The molecular formula is C27H36FN3O4. The van der Waals surface area contributed by atoms with Crippen LogP contribution in [0.25, 0.3) is 11.1 Å². The van der Waals surface area contributed by atoms with Gasteiger partial charge in [0.25, 0.3) is 0 Å². The summed E-state index contributed by atoms with van der Waals surface area (Å²) in [4.78, 5) is 27.9. The van der Waals surface area contributed by atoms with Crippen LogP contribution in [0.2, 0.25) is 0 Å². The van der Waals surface area contributed by atoms with Crippen molar-refractivity contribution in [1.29, 1.82) is 0 Å².